The summed E-state index contributed by atoms with van der Waals surface area (Å²) >= 11 is 0. The number of anilines is 4. The Morgan fingerprint density at radius 3 is 1.04 bits per heavy atom. The van der Waals surface area contributed by atoms with E-state index in [1.54, 1.807) is 24.3 Å². The van der Waals surface area contributed by atoms with E-state index in [1.165, 1.54) is 19.6 Å². The molecule has 6 heterocycles. The predicted molar refractivity (Wildman–Crippen MR) is 448 cm³/mol. The molecule has 14 heteroatoms. The zero-order valence-electron chi connectivity index (χ0n) is 61.3. The summed E-state index contributed by atoms with van der Waals surface area (Å²) in [6.45, 7) is 0. The van der Waals surface area contributed by atoms with Gasteiger partial charge < -0.3 is 9.13 Å². The Balaban J connectivity index is 0.625. The molecule has 0 saturated carbocycles. The average Bonchev–Trinajstić information content (AvgIpc) is 1.32. The van der Waals surface area contributed by atoms with E-state index >= 15 is 19.2 Å². The first-order chi connectivity index (χ1) is 57.0. The number of benzene rings is 11. The van der Waals surface area contributed by atoms with Gasteiger partial charge in [-0.2, -0.15) is 0 Å². The third kappa shape index (κ3) is 8.16. The molecule has 116 heavy (non-hydrogen) atoms. The highest BCUT2D eigenvalue weighted by atomic mass is 16.2. The minimum Gasteiger partial charge on any atom is -0.309 e. The molecule has 0 radical (unpaired) electrons. The number of para-hydroxylation sites is 6. The molecule has 25 rings (SSSR count). The zero-order chi connectivity index (χ0) is 77.1. The van der Waals surface area contributed by atoms with E-state index in [-0.39, 0.29) is 23.6 Å². The fraction of sp³-hybridized carbons (Fsp3) is 0.0392. The fourth-order valence-corrected chi connectivity index (χ4v) is 21.0. The molecule has 12 aliphatic rings. The van der Waals surface area contributed by atoms with E-state index in [4.69, 9.17) is 0 Å². The third-order valence-electron chi connectivity index (χ3n) is 25.7. The van der Waals surface area contributed by atoms with Gasteiger partial charge in [0.25, 0.3) is 35.4 Å². The second-order valence-corrected chi connectivity index (χ2v) is 31.1. The first-order valence-electron chi connectivity index (χ1n) is 38.9. The van der Waals surface area contributed by atoms with E-state index in [1.807, 2.05) is 219 Å². The van der Waals surface area contributed by atoms with Gasteiger partial charge in [0.05, 0.1) is 56.7 Å². The summed E-state index contributed by atoms with van der Waals surface area (Å²) in [6.07, 6.45) is 22.9. The topological polar surface area (TPSA) is 159 Å². The van der Waals surface area contributed by atoms with Gasteiger partial charge in [0, 0.05) is 89.3 Å². The molecule has 8 aliphatic carbocycles. The molecular weight excluding hydrogens is 1440 g/mol. The number of fused-ring (bicyclic) bond motifs is 8. The molecule has 0 bridgehead atoms. The summed E-state index contributed by atoms with van der Waals surface area (Å²) in [5.41, 5.74) is 21.2. The Kier molecular flexibility index (Phi) is 12.8. The number of aromatic nitrogens is 2. The van der Waals surface area contributed by atoms with Crippen LogP contribution in [0.2, 0.25) is 0 Å². The number of nitrogens with zero attached hydrogens (tertiary/aromatic N) is 6. The van der Waals surface area contributed by atoms with Gasteiger partial charge in [-0.1, -0.05) is 194 Å². The monoisotopic (exact) mass is 1490 g/mol. The molecular formula is C102H56N6O8. The van der Waals surface area contributed by atoms with E-state index in [0.29, 0.717) is 78.4 Å². The van der Waals surface area contributed by atoms with Crippen molar-refractivity contribution in [2.45, 2.75) is 11.8 Å². The van der Waals surface area contributed by atoms with Crippen molar-refractivity contribution < 1.29 is 38.4 Å². The molecule has 0 spiro atoms. The third-order valence-corrected chi connectivity index (χ3v) is 25.7. The molecule has 0 N–H and O–H groups in total. The maximum absolute atomic E-state index is 15.6. The number of amides is 8. The van der Waals surface area contributed by atoms with Crippen LogP contribution < -0.4 is 40.5 Å². The Morgan fingerprint density at radius 2 is 0.647 bits per heavy atom. The highest BCUT2D eigenvalue weighted by Gasteiger charge is 2.51. The largest absolute Gasteiger partial charge is 0.309 e. The number of carbonyl (C=O) groups is 8. The first kappa shape index (κ1) is 64.2. The summed E-state index contributed by atoms with van der Waals surface area (Å²) in [6, 6.07) is 78.6. The fourth-order valence-electron chi connectivity index (χ4n) is 21.0. The van der Waals surface area contributed by atoms with Gasteiger partial charge >= 0.3 is 0 Å². The molecule has 2 aromatic heterocycles. The summed E-state index contributed by atoms with van der Waals surface area (Å²) in [7, 11) is 0. The van der Waals surface area contributed by atoms with Crippen LogP contribution in [0, 0.1) is 11.8 Å². The number of hydrogen-bond donors (Lipinski definition) is 0. The maximum Gasteiger partial charge on any atom is 0.265 e. The van der Waals surface area contributed by atoms with Gasteiger partial charge in [0.15, 0.2) is 0 Å². The van der Waals surface area contributed by atoms with Gasteiger partial charge in [-0.3, -0.25) is 38.4 Å². The van der Waals surface area contributed by atoms with Gasteiger partial charge in [-0.15, -0.1) is 0 Å². The van der Waals surface area contributed by atoms with E-state index in [9.17, 15) is 19.2 Å². The highest BCUT2D eigenvalue weighted by molar-refractivity contribution is 6.37. The second kappa shape index (κ2) is 23.1. The van der Waals surface area contributed by atoms with Crippen molar-refractivity contribution in [2.24, 2.45) is 11.8 Å². The Hall–Kier alpha value is -15.5. The molecule has 0 fully saturated rings. The molecule has 4 atom stereocenters. The molecule has 8 amide bonds. The quantitative estimate of drug-likeness (QED) is 0.136. The van der Waals surface area contributed by atoms with Crippen molar-refractivity contribution >= 4 is 136 Å². The van der Waals surface area contributed by atoms with Crippen molar-refractivity contribution in [2.75, 3.05) is 19.6 Å². The van der Waals surface area contributed by atoms with Crippen LogP contribution in [0.3, 0.4) is 0 Å². The van der Waals surface area contributed by atoms with Gasteiger partial charge in [0.1, 0.15) is 0 Å². The lowest BCUT2D eigenvalue weighted by Gasteiger charge is -2.41. The number of hydrogen-bond acceptors (Lipinski definition) is 8. The molecule has 4 aliphatic heterocycles. The first-order valence-corrected chi connectivity index (χ1v) is 38.9. The van der Waals surface area contributed by atoms with Crippen LogP contribution in [-0.2, 0) is 28.8 Å². The maximum atomic E-state index is 15.6. The second-order valence-electron chi connectivity index (χ2n) is 31.1. The lowest BCUT2D eigenvalue weighted by molar-refractivity contribution is -0.124. The minimum absolute atomic E-state index is 0.321. The molecule has 0 saturated heterocycles. The number of allylic oxidation sites excluding steroid dienone is 10. The van der Waals surface area contributed by atoms with E-state index < -0.39 is 47.3 Å². The normalized spacial score (nSPS) is 20.1. The van der Waals surface area contributed by atoms with Gasteiger partial charge in [-0.05, 0) is 209 Å². The standard InChI is InChI=1S/C102H56N6O8/c109-95-71-45-37-61-65-41-49-75-89-76(50-42-66(85(65)89)62-38-46-72(87(71)83(61)62)96(110)105(95)57-21-9-3-10-22-57)100(114)107(99(75)113)59-33-29-53(30-34-59)81-92-70-26-14-16-28-80(70)104(56-19-7-2-8-20-56)94(92)82(91-69-25-13-15-27-79(69)103(93(81)91)55-17-5-1-6-18-55)54-31-35-60(36-32-54)108-101(115)77-51-43-67-63-39-47-73-88-74(98(112)106(97(73)111)58-23-11-4-12-24-58)48-40-64(84(63)88)68-44-52-78(102(108)116)90(77)86(67)68/h1-52,71,73,85-86H. The van der Waals surface area contributed by atoms with Gasteiger partial charge in [-0.25, -0.2) is 19.6 Å². The Bertz CT molecular complexity index is 7270. The number of imide groups is 4. The van der Waals surface area contributed by atoms with Crippen molar-refractivity contribution in [1.29, 1.82) is 0 Å². The lowest BCUT2D eigenvalue weighted by Crippen LogP contribution is -2.52. The van der Waals surface area contributed by atoms with Crippen LogP contribution in [0.4, 0.5) is 22.7 Å². The SMILES string of the molecule is O=C1C2=CC=C3C4=c5c6c(ccc5=C5C=CC(=C2C35)C(=O)N1c1ccc(-c2c3c5ccccc5n(-c5ccccc5)c3c(-c3ccc(N5C(=O)C7=CC=C8C9=c%10c%11c(ccc%10=C%10C=CC(=C7C8%10)C5=O)C(=O)N(c5ccccc5)C(=O)C%11C=C9)cc3)c3c5ccccc5n(-c5ccccc5)c23)cc1)C(=O)N(c1ccccc1)C(=O)C6C=C4. The highest BCUT2D eigenvalue weighted by Crippen LogP contribution is 2.56. The van der Waals surface area contributed by atoms with Crippen LogP contribution in [0.5, 0.6) is 0 Å². The zero-order valence-corrected chi connectivity index (χ0v) is 61.3. The average molecular weight is 1490 g/mol. The summed E-state index contributed by atoms with van der Waals surface area (Å²) in [5, 5.41) is 7.16. The van der Waals surface area contributed by atoms with E-state index in [2.05, 4.69) is 81.9 Å². The molecule has 11 aromatic carbocycles. The van der Waals surface area contributed by atoms with Crippen molar-refractivity contribution in [1.82, 2.24) is 9.13 Å². The van der Waals surface area contributed by atoms with Crippen LogP contribution in [0.25, 0.3) is 99.5 Å². The van der Waals surface area contributed by atoms with E-state index in [0.717, 1.165) is 132 Å². The van der Waals surface area contributed by atoms with Crippen molar-refractivity contribution in [3.05, 3.63) is 403 Å². The molecule has 542 valence electrons. The van der Waals surface area contributed by atoms with Crippen molar-refractivity contribution in [3.63, 3.8) is 0 Å². The Morgan fingerprint density at radius 1 is 0.284 bits per heavy atom. The summed E-state index contributed by atoms with van der Waals surface area (Å²) in [5.74, 6) is -5.54. The smallest absolute Gasteiger partial charge is 0.265 e. The molecule has 4 unspecified atom stereocenters. The minimum atomic E-state index is -0.694. The van der Waals surface area contributed by atoms with Crippen LogP contribution >= 0.6 is 0 Å². The number of rotatable bonds is 8. The lowest BCUT2D eigenvalue weighted by atomic mass is 9.64. The Labute approximate surface area is 659 Å². The van der Waals surface area contributed by atoms with Crippen LogP contribution in [-0.4, -0.2) is 56.4 Å². The molecule has 14 nitrogen and oxygen atoms in total. The van der Waals surface area contributed by atoms with Gasteiger partial charge in [0.2, 0.25) is 11.8 Å². The summed E-state index contributed by atoms with van der Waals surface area (Å²) < 4.78 is 4.66. The number of carbonyl (C=O) groups excluding carboxylic acids is 8. The molecule has 13 aromatic rings. The summed E-state index contributed by atoms with van der Waals surface area (Å²) in [4.78, 5) is 125. The van der Waals surface area contributed by atoms with Crippen molar-refractivity contribution in [3.8, 4) is 33.6 Å². The van der Waals surface area contributed by atoms with Crippen LogP contribution in [0.15, 0.2) is 360 Å². The van der Waals surface area contributed by atoms with Crippen LogP contribution in [0.1, 0.15) is 43.7 Å². The predicted octanol–water partition coefficient (Wildman–Crippen LogP) is 15.4.